The second-order valence-corrected chi connectivity index (χ2v) is 7.96. The molecule has 1 amide bonds. The quantitative estimate of drug-likeness (QED) is 0.394. The Labute approximate surface area is 177 Å². The number of benzene rings is 1. The van der Waals surface area contributed by atoms with Gasteiger partial charge in [0.2, 0.25) is 5.95 Å². The number of nitrogens with two attached hydrogens (primary N) is 1. The molecule has 0 saturated carbocycles. The zero-order chi connectivity index (χ0) is 21.7. The van der Waals surface area contributed by atoms with E-state index in [1.165, 1.54) is 35.4 Å². The number of aromatic nitrogens is 4. The number of amides is 1. The van der Waals surface area contributed by atoms with E-state index in [1.807, 2.05) is 6.92 Å². The summed E-state index contributed by atoms with van der Waals surface area (Å²) in [5.41, 5.74) is 6.51. The van der Waals surface area contributed by atoms with E-state index in [1.54, 1.807) is 18.2 Å². The highest BCUT2D eigenvalue weighted by atomic mass is 32.2. The minimum atomic E-state index is -3.84. The number of aryl methyl sites for hydroxylation is 1. The molecule has 0 spiro atoms. The van der Waals surface area contributed by atoms with Gasteiger partial charge < -0.3 is 16.4 Å². The molecule has 5 N–H and O–H groups in total. The van der Waals surface area contributed by atoms with Crippen LogP contribution in [-0.4, -0.2) is 39.2 Å². The molecule has 30 heavy (non-hydrogen) atoms. The zero-order valence-corrected chi connectivity index (χ0v) is 17.4. The molecule has 0 aliphatic carbocycles. The Morgan fingerprint density at radius 1 is 1.17 bits per heavy atom. The number of carbonyl (C=O) groups is 1. The second kappa shape index (κ2) is 8.84. The van der Waals surface area contributed by atoms with Crippen LogP contribution in [0.5, 0.6) is 0 Å². The first kappa shape index (κ1) is 21.1. The third-order valence-electron chi connectivity index (χ3n) is 3.83. The Morgan fingerprint density at radius 3 is 2.43 bits per heavy atom. The normalized spacial score (nSPS) is 11.0. The Morgan fingerprint density at radius 2 is 1.83 bits per heavy atom. The first-order valence-electron chi connectivity index (χ1n) is 8.63. The van der Waals surface area contributed by atoms with Crippen molar-refractivity contribution in [3.05, 3.63) is 54.6 Å². The van der Waals surface area contributed by atoms with E-state index < -0.39 is 15.9 Å². The molecule has 0 radical (unpaired) electrons. The van der Waals surface area contributed by atoms with Crippen molar-refractivity contribution >= 4 is 50.6 Å². The summed E-state index contributed by atoms with van der Waals surface area (Å²) in [5.74, 6) is -0.660. The standard InChI is InChI=1S/C17H18N8O3S2/c1-2-25-14(15(18)26)13(10-21-25)23-17(29)22-11-4-6-12(7-5-11)30(27,28)24-16-19-8-3-9-20-16/h3-10H,2H2,1H3,(H2,18,26)(H,19,20,24)(H2,22,23,29). The summed E-state index contributed by atoms with van der Waals surface area (Å²) in [7, 11) is -3.84. The minimum absolute atomic E-state index is 0.0250. The maximum Gasteiger partial charge on any atom is 0.269 e. The number of thiocarbonyl (C=S) groups is 1. The van der Waals surface area contributed by atoms with E-state index in [0.29, 0.717) is 17.9 Å². The van der Waals surface area contributed by atoms with Gasteiger partial charge in [0.05, 0.1) is 16.8 Å². The highest BCUT2D eigenvalue weighted by Gasteiger charge is 2.17. The molecule has 0 saturated heterocycles. The molecule has 1 aromatic carbocycles. The molecule has 2 aromatic heterocycles. The van der Waals surface area contributed by atoms with Crippen LogP contribution in [0.15, 0.2) is 53.8 Å². The first-order chi connectivity index (χ1) is 14.3. The summed E-state index contributed by atoms with van der Waals surface area (Å²) >= 11 is 5.24. The molecule has 0 unspecified atom stereocenters. The van der Waals surface area contributed by atoms with Gasteiger partial charge in [0.1, 0.15) is 5.69 Å². The number of nitrogens with zero attached hydrogens (tertiary/aromatic N) is 4. The van der Waals surface area contributed by atoms with Crippen molar-refractivity contribution in [1.82, 2.24) is 19.7 Å². The summed E-state index contributed by atoms with van der Waals surface area (Å²) in [6.45, 7) is 2.30. The highest BCUT2D eigenvalue weighted by molar-refractivity contribution is 7.92. The smallest absolute Gasteiger partial charge is 0.269 e. The summed E-state index contributed by atoms with van der Waals surface area (Å²) in [6, 6.07) is 7.47. The van der Waals surface area contributed by atoms with E-state index >= 15 is 0 Å². The second-order valence-electron chi connectivity index (χ2n) is 5.87. The van der Waals surface area contributed by atoms with Crippen LogP contribution < -0.4 is 21.1 Å². The summed E-state index contributed by atoms with van der Waals surface area (Å²) < 4.78 is 28.6. The lowest BCUT2D eigenvalue weighted by atomic mass is 10.3. The SMILES string of the molecule is CCn1ncc(NC(=S)Nc2ccc(S(=O)(=O)Nc3ncccn3)cc2)c1C(N)=O. The van der Waals surface area contributed by atoms with Gasteiger partial charge >= 0.3 is 0 Å². The van der Waals surface area contributed by atoms with Gasteiger partial charge in [0.15, 0.2) is 5.11 Å². The largest absolute Gasteiger partial charge is 0.364 e. The number of carbonyl (C=O) groups excluding carboxylic acids is 1. The Bertz CT molecular complexity index is 1160. The summed E-state index contributed by atoms with van der Waals surface area (Å²) in [4.78, 5) is 19.3. The molecule has 0 aliphatic heterocycles. The van der Waals surface area contributed by atoms with Crippen molar-refractivity contribution in [3.8, 4) is 0 Å². The topological polar surface area (TPSA) is 157 Å². The van der Waals surface area contributed by atoms with Gasteiger partial charge in [-0.1, -0.05) is 0 Å². The number of anilines is 3. The van der Waals surface area contributed by atoms with Crippen LogP contribution in [0.25, 0.3) is 0 Å². The summed E-state index contributed by atoms with van der Waals surface area (Å²) in [5, 5.41) is 10.0. The lowest BCUT2D eigenvalue weighted by molar-refractivity contribution is 0.0991. The van der Waals surface area contributed by atoms with Crippen LogP contribution in [-0.2, 0) is 16.6 Å². The molecule has 0 fully saturated rings. The maximum atomic E-state index is 12.4. The van der Waals surface area contributed by atoms with Crippen molar-refractivity contribution in [1.29, 1.82) is 0 Å². The van der Waals surface area contributed by atoms with Gasteiger partial charge in [-0.15, -0.1) is 0 Å². The highest BCUT2D eigenvalue weighted by Crippen LogP contribution is 2.18. The van der Waals surface area contributed by atoms with E-state index in [-0.39, 0.29) is 21.7 Å². The molecule has 0 aliphatic rings. The molecule has 156 valence electrons. The van der Waals surface area contributed by atoms with E-state index in [0.717, 1.165) is 0 Å². The van der Waals surface area contributed by atoms with Gasteiger partial charge in [0.25, 0.3) is 15.9 Å². The van der Waals surface area contributed by atoms with Crippen molar-refractivity contribution in [2.75, 3.05) is 15.4 Å². The van der Waals surface area contributed by atoms with Crippen LogP contribution in [0.4, 0.5) is 17.3 Å². The molecular formula is C17H18N8O3S2. The van der Waals surface area contributed by atoms with Gasteiger partial charge in [-0.05, 0) is 49.5 Å². The van der Waals surface area contributed by atoms with Gasteiger partial charge in [-0.3, -0.25) is 9.48 Å². The van der Waals surface area contributed by atoms with Crippen molar-refractivity contribution in [2.45, 2.75) is 18.4 Å². The van der Waals surface area contributed by atoms with E-state index in [9.17, 15) is 13.2 Å². The van der Waals surface area contributed by atoms with E-state index in [4.69, 9.17) is 18.0 Å². The predicted molar refractivity (Wildman–Crippen MR) is 116 cm³/mol. The Balaban J connectivity index is 1.68. The molecule has 13 heteroatoms. The van der Waals surface area contributed by atoms with E-state index in [2.05, 4.69) is 30.4 Å². The number of hydrogen-bond acceptors (Lipinski definition) is 7. The molecule has 0 atom stereocenters. The number of rotatable bonds is 7. The van der Waals surface area contributed by atoms with Crippen LogP contribution in [0, 0.1) is 0 Å². The molecule has 0 bridgehead atoms. The molecule has 3 aromatic rings. The van der Waals surface area contributed by atoms with Crippen LogP contribution in [0.3, 0.4) is 0 Å². The molecule has 11 nitrogen and oxygen atoms in total. The van der Waals surface area contributed by atoms with Crippen molar-refractivity contribution in [3.63, 3.8) is 0 Å². The van der Waals surface area contributed by atoms with Gasteiger partial charge in [-0.2, -0.15) is 5.10 Å². The van der Waals surface area contributed by atoms with Crippen LogP contribution in [0.2, 0.25) is 0 Å². The van der Waals surface area contributed by atoms with Crippen molar-refractivity contribution < 1.29 is 13.2 Å². The lowest BCUT2D eigenvalue weighted by Crippen LogP contribution is -2.23. The number of nitrogens with one attached hydrogen (secondary N) is 3. The first-order valence-corrected chi connectivity index (χ1v) is 10.5. The third-order valence-corrected chi connectivity index (χ3v) is 5.38. The monoisotopic (exact) mass is 446 g/mol. The third kappa shape index (κ3) is 4.87. The number of sulfonamides is 1. The van der Waals surface area contributed by atoms with Gasteiger partial charge in [-0.25, -0.2) is 23.1 Å². The Kier molecular flexibility index (Phi) is 6.23. The average molecular weight is 447 g/mol. The van der Waals surface area contributed by atoms with Crippen LogP contribution >= 0.6 is 12.2 Å². The van der Waals surface area contributed by atoms with Crippen molar-refractivity contribution in [2.24, 2.45) is 5.73 Å². The number of primary amides is 1. The lowest BCUT2D eigenvalue weighted by Gasteiger charge is -2.11. The minimum Gasteiger partial charge on any atom is -0.364 e. The van der Waals surface area contributed by atoms with Gasteiger partial charge in [0, 0.05) is 24.6 Å². The fourth-order valence-corrected chi connectivity index (χ4v) is 3.70. The average Bonchev–Trinajstić information content (AvgIpc) is 3.11. The predicted octanol–water partition coefficient (Wildman–Crippen LogP) is 1.40. The summed E-state index contributed by atoms with van der Waals surface area (Å²) in [6.07, 6.45) is 4.31. The number of hydrogen-bond donors (Lipinski definition) is 4. The molecule has 2 heterocycles. The fraction of sp³-hybridized carbons (Fsp3) is 0.118. The van der Waals surface area contributed by atoms with Crippen LogP contribution in [0.1, 0.15) is 17.4 Å². The molecular weight excluding hydrogens is 428 g/mol. The Hall–Kier alpha value is -3.58. The molecule has 3 rings (SSSR count). The fourth-order valence-electron chi connectivity index (χ4n) is 2.51. The zero-order valence-electron chi connectivity index (χ0n) is 15.7. The maximum absolute atomic E-state index is 12.4.